The summed E-state index contributed by atoms with van der Waals surface area (Å²) in [5, 5.41) is 5.90. The fraction of sp³-hybridized carbons (Fsp3) is 0.680. The maximum absolute atomic E-state index is 13.3. The van der Waals surface area contributed by atoms with Gasteiger partial charge in [0.2, 0.25) is 5.91 Å². The molecule has 1 aromatic rings. The largest absolute Gasteiger partial charge is 0.481 e. The van der Waals surface area contributed by atoms with E-state index >= 15 is 0 Å². The molecule has 0 aliphatic carbocycles. The number of ether oxygens (including phenoxy) is 2. The molecule has 2 aliphatic heterocycles. The number of rotatable bonds is 10. The molecule has 0 bridgehead atoms. The van der Waals surface area contributed by atoms with Gasteiger partial charge in [0, 0.05) is 20.2 Å². The molecular formula is C25H40BN3O6. The Bertz CT molecular complexity index is 816. The van der Waals surface area contributed by atoms with Gasteiger partial charge < -0.3 is 34.3 Å². The number of aryl methyl sites for hydroxylation is 1. The molecule has 9 nitrogen and oxygen atoms in total. The monoisotopic (exact) mass is 489 g/mol. The molecule has 35 heavy (non-hydrogen) atoms. The molecule has 194 valence electrons. The predicted molar refractivity (Wildman–Crippen MR) is 134 cm³/mol. The molecule has 3 amide bonds. The van der Waals surface area contributed by atoms with Gasteiger partial charge in [0.15, 0.2) is 0 Å². The van der Waals surface area contributed by atoms with Crippen molar-refractivity contribution in [2.45, 2.75) is 70.1 Å². The van der Waals surface area contributed by atoms with E-state index in [4.69, 9.17) is 18.8 Å². The van der Waals surface area contributed by atoms with E-state index in [1.807, 2.05) is 45.9 Å². The first-order chi connectivity index (χ1) is 16.6. The van der Waals surface area contributed by atoms with Crippen molar-refractivity contribution in [2.75, 3.05) is 40.0 Å². The summed E-state index contributed by atoms with van der Waals surface area (Å²) in [5.41, 5.74) is 0.203. The van der Waals surface area contributed by atoms with Gasteiger partial charge in [-0.05, 0) is 52.5 Å². The summed E-state index contributed by atoms with van der Waals surface area (Å²) < 4.78 is 23.1. The smallest absolute Gasteiger partial charge is 0.402 e. The molecule has 2 fully saturated rings. The van der Waals surface area contributed by atoms with E-state index in [-0.39, 0.29) is 24.5 Å². The average Bonchev–Trinajstić information content (AvgIpc) is 3.05. The number of nitrogens with one attached hydrogen (secondary N) is 2. The highest BCUT2D eigenvalue weighted by Gasteiger charge is 2.54. The number of nitrogens with zero attached hydrogens (tertiary/aromatic N) is 1. The van der Waals surface area contributed by atoms with Crippen LogP contribution in [0.15, 0.2) is 30.3 Å². The van der Waals surface area contributed by atoms with E-state index in [9.17, 15) is 9.59 Å². The zero-order chi connectivity index (χ0) is 25.5. The Morgan fingerprint density at radius 1 is 1.06 bits per heavy atom. The van der Waals surface area contributed by atoms with Gasteiger partial charge in [-0.1, -0.05) is 30.3 Å². The number of urea groups is 1. The number of amides is 3. The lowest BCUT2D eigenvalue weighted by molar-refractivity contribution is -0.124. The van der Waals surface area contributed by atoms with Crippen molar-refractivity contribution in [2.24, 2.45) is 0 Å². The summed E-state index contributed by atoms with van der Waals surface area (Å²) in [6.45, 7) is 9.98. The highest BCUT2D eigenvalue weighted by atomic mass is 16.7. The minimum Gasteiger partial charge on any atom is -0.402 e. The van der Waals surface area contributed by atoms with E-state index in [2.05, 4.69) is 22.8 Å². The van der Waals surface area contributed by atoms with Gasteiger partial charge in [0.25, 0.3) is 0 Å². The minimum absolute atomic E-state index is 0.0576. The predicted octanol–water partition coefficient (Wildman–Crippen LogP) is 2.18. The number of morpholine rings is 1. The fourth-order valence-electron chi connectivity index (χ4n) is 4.14. The molecule has 0 aromatic heterocycles. The zero-order valence-corrected chi connectivity index (χ0v) is 21.7. The molecule has 2 N–H and O–H groups in total. The van der Waals surface area contributed by atoms with Crippen LogP contribution in [0, 0.1) is 0 Å². The molecule has 2 aliphatic rings. The first-order valence-corrected chi connectivity index (χ1v) is 12.4. The molecule has 1 unspecified atom stereocenters. The average molecular weight is 489 g/mol. The first kappa shape index (κ1) is 27.5. The van der Waals surface area contributed by atoms with Crippen molar-refractivity contribution in [3.8, 4) is 0 Å². The standard InChI is InChI=1S/C25H40BN3O6/c1-24(2)25(3,4)35-26(34-24)21(13-9-12-19-10-7-6-8-11-19)28-22(30)20(18-32-5)27-23(31)29-14-16-33-17-15-29/h6-8,10-11,20-21H,9,12-18H2,1-5H3,(H,27,31)(H,28,30)/t20?,21-/m0/s1. The van der Waals surface area contributed by atoms with Gasteiger partial charge in [-0.2, -0.15) is 0 Å². The van der Waals surface area contributed by atoms with E-state index in [0.717, 1.165) is 12.8 Å². The van der Waals surface area contributed by atoms with Crippen LogP contribution in [-0.2, 0) is 30.0 Å². The molecule has 2 saturated heterocycles. The van der Waals surface area contributed by atoms with Gasteiger partial charge in [-0.15, -0.1) is 0 Å². The molecular weight excluding hydrogens is 449 g/mol. The van der Waals surface area contributed by atoms with Gasteiger partial charge in [-0.25, -0.2) is 4.79 Å². The summed E-state index contributed by atoms with van der Waals surface area (Å²) in [7, 11) is 0.907. The Morgan fingerprint density at radius 2 is 1.69 bits per heavy atom. The van der Waals surface area contributed by atoms with E-state index in [1.54, 1.807) is 4.90 Å². The Morgan fingerprint density at radius 3 is 2.29 bits per heavy atom. The Balaban J connectivity index is 1.67. The van der Waals surface area contributed by atoms with Crippen molar-refractivity contribution in [3.63, 3.8) is 0 Å². The second kappa shape index (κ2) is 12.2. The lowest BCUT2D eigenvalue weighted by Gasteiger charge is -2.32. The third kappa shape index (κ3) is 7.43. The van der Waals surface area contributed by atoms with Crippen molar-refractivity contribution in [1.29, 1.82) is 0 Å². The van der Waals surface area contributed by atoms with Crippen molar-refractivity contribution >= 4 is 19.1 Å². The fourth-order valence-corrected chi connectivity index (χ4v) is 4.14. The highest BCUT2D eigenvalue weighted by Crippen LogP contribution is 2.38. The van der Waals surface area contributed by atoms with Crippen LogP contribution in [0.5, 0.6) is 0 Å². The molecule has 2 heterocycles. The second-order valence-corrected chi connectivity index (χ2v) is 10.2. The van der Waals surface area contributed by atoms with Gasteiger partial charge in [0.05, 0.1) is 37.0 Å². The van der Waals surface area contributed by atoms with Gasteiger partial charge in [0.1, 0.15) is 6.04 Å². The lowest BCUT2D eigenvalue weighted by atomic mass is 9.75. The zero-order valence-electron chi connectivity index (χ0n) is 21.7. The minimum atomic E-state index is -0.839. The maximum atomic E-state index is 13.3. The number of hydrogen-bond donors (Lipinski definition) is 2. The molecule has 10 heteroatoms. The normalized spacial score (nSPS) is 20.8. The van der Waals surface area contributed by atoms with Gasteiger partial charge >= 0.3 is 13.1 Å². The van der Waals surface area contributed by atoms with E-state index in [1.165, 1.54) is 12.7 Å². The van der Waals surface area contributed by atoms with Crippen molar-refractivity contribution < 1.29 is 28.4 Å². The SMILES string of the molecule is COCC(NC(=O)N1CCOCC1)C(=O)N[C@@H](CCCc1ccccc1)B1OC(C)(C)C(C)(C)O1. The van der Waals surface area contributed by atoms with Crippen LogP contribution >= 0.6 is 0 Å². The molecule has 0 radical (unpaired) electrons. The summed E-state index contributed by atoms with van der Waals surface area (Å²) >= 11 is 0. The van der Waals surface area contributed by atoms with Gasteiger partial charge in [-0.3, -0.25) is 4.79 Å². The third-order valence-electron chi connectivity index (χ3n) is 7.00. The van der Waals surface area contributed by atoms with Crippen molar-refractivity contribution in [3.05, 3.63) is 35.9 Å². The lowest BCUT2D eigenvalue weighted by Crippen LogP contribution is -2.58. The number of hydrogen-bond acceptors (Lipinski definition) is 6. The van der Waals surface area contributed by atoms with Crippen LogP contribution in [0.2, 0.25) is 0 Å². The second-order valence-electron chi connectivity index (χ2n) is 10.2. The molecule has 2 atom stereocenters. The molecule has 3 rings (SSSR count). The van der Waals surface area contributed by atoms with Crippen molar-refractivity contribution in [1.82, 2.24) is 15.5 Å². The number of methoxy groups -OCH3 is 1. The van der Waals surface area contributed by atoms with Crippen LogP contribution in [0.3, 0.4) is 0 Å². The first-order valence-electron chi connectivity index (χ1n) is 12.4. The number of carbonyl (C=O) groups excluding carboxylic acids is 2. The Hall–Kier alpha value is -2.14. The topological polar surface area (TPSA) is 98.4 Å². The summed E-state index contributed by atoms with van der Waals surface area (Å²) in [6.07, 6.45) is 2.38. The molecule has 1 aromatic carbocycles. The summed E-state index contributed by atoms with van der Waals surface area (Å²) in [6, 6.07) is 9.09. The number of benzene rings is 1. The van der Waals surface area contributed by atoms with Crippen LogP contribution in [0.4, 0.5) is 4.79 Å². The van der Waals surface area contributed by atoms with Crippen LogP contribution < -0.4 is 10.6 Å². The highest BCUT2D eigenvalue weighted by molar-refractivity contribution is 6.48. The van der Waals surface area contributed by atoms with E-state index < -0.39 is 24.4 Å². The Kier molecular flexibility index (Phi) is 9.58. The van der Waals surface area contributed by atoms with Crippen LogP contribution in [0.1, 0.15) is 46.1 Å². The van der Waals surface area contributed by atoms with Crippen LogP contribution in [0.25, 0.3) is 0 Å². The Labute approximate surface area is 209 Å². The maximum Gasteiger partial charge on any atom is 0.481 e. The quantitative estimate of drug-likeness (QED) is 0.489. The number of carbonyl (C=O) groups is 2. The van der Waals surface area contributed by atoms with Crippen LogP contribution in [-0.4, -0.2) is 87.2 Å². The third-order valence-corrected chi connectivity index (χ3v) is 7.00. The summed E-state index contributed by atoms with van der Waals surface area (Å²) in [5.74, 6) is -0.709. The molecule has 0 spiro atoms. The molecule has 0 saturated carbocycles. The summed E-state index contributed by atoms with van der Waals surface area (Å²) in [4.78, 5) is 27.7. The van der Waals surface area contributed by atoms with E-state index in [0.29, 0.717) is 32.7 Å².